The first-order valence-corrected chi connectivity index (χ1v) is 7.88. The number of aromatic nitrogens is 1. The van der Waals surface area contributed by atoms with Crippen LogP contribution in [-0.2, 0) is 32.7 Å². The highest BCUT2D eigenvalue weighted by molar-refractivity contribution is 5.72. The Morgan fingerprint density at radius 2 is 1.50 bits per heavy atom. The molecule has 4 rings (SSSR count). The second kappa shape index (κ2) is 4.44. The lowest BCUT2D eigenvalue weighted by molar-refractivity contribution is -0.660. The van der Waals surface area contributed by atoms with Gasteiger partial charge in [0.25, 0.3) is 0 Å². The van der Waals surface area contributed by atoms with Gasteiger partial charge in [0.2, 0.25) is 5.69 Å². The van der Waals surface area contributed by atoms with Gasteiger partial charge in [0.15, 0.2) is 6.20 Å². The van der Waals surface area contributed by atoms with Gasteiger partial charge in [0.05, 0.1) is 5.56 Å². The van der Waals surface area contributed by atoms with Crippen LogP contribution in [-0.4, -0.2) is 0 Å². The zero-order valence-electron chi connectivity index (χ0n) is 12.5. The number of rotatable bonds is 1. The summed E-state index contributed by atoms with van der Waals surface area (Å²) in [7, 11) is 2.17. The van der Waals surface area contributed by atoms with E-state index in [0.717, 1.165) is 0 Å². The van der Waals surface area contributed by atoms with Crippen LogP contribution in [0.5, 0.6) is 0 Å². The van der Waals surface area contributed by atoms with E-state index < -0.39 is 0 Å². The summed E-state index contributed by atoms with van der Waals surface area (Å²) in [6.07, 6.45) is 10.1. The van der Waals surface area contributed by atoms with Crippen molar-refractivity contribution in [3.8, 4) is 11.3 Å². The van der Waals surface area contributed by atoms with Crippen LogP contribution in [0.2, 0.25) is 0 Å². The predicted molar refractivity (Wildman–Crippen MR) is 81.8 cm³/mol. The molecule has 1 nitrogen and oxygen atoms in total. The summed E-state index contributed by atoms with van der Waals surface area (Å²) >= 11 is 0. The van der Waals surface area contributed by atoms with Crippen molar-refractivity contribution in [1.82, 2.24) is 0 Å². The van der Waals surface area contributed by atoms with Crippen LogP contribution in [0.25, 0.3) is 11.3 Å². The molecule has 0 atom stereocenters. The predicted octanol–water partition coefficient (Wildman–Crippen LogP) is 3.46. The van der Waals surface area contributed by atoms with E-state index in [9.17, 15) is 0 Å². The molecular weight excluding hydrogens is 242 g/mol. The quantitative estimate of drug-likeness (QED) is 0.694. The highest BCUT2D eigenvalue weighted by Crippen LogP contribution is 2.41. The summed E-state index contributed by atoms with van der Waals surface area (Å²) in [5.41, 5.74) is 11.2. The van der Waals surface area contributed by atoms with Crippen LogP contribution in [0, 0.1) is 6.92 Å². The van der Waals surface area contributed by atoms with Crippen molar-refractivity contribution in [2.75, 3.05) is 0 Å². The molecule has 1 aromatic carbocycles. The molecule has 0 saturated carbocycles. The Labute approximate surface area is 121 Å². The lowest BCUT2D eigenvalue weighted by atomic mass is 9.88. The topological polar surface area (TPSA) is 3.88 Å². The highest BCUT2D eigenvalue weighted by atomic mass is 14.9. The number of aryl methyl sites for hydroxylation is 1. The summed E-state index contributed by atoms with van der Waals surface area (Å²) in [6.45, 7) is 2.35. The third-order valence-corrected chi connectivity index (χ3v) is 5.24. The third kappa shape index (κ3) is 1.59. The van der Waals surface area contributed by atoms with Crippen LogP contribution in [0.1, 0.15) is 40.7 Å². The number of hydrogen-bond acceptors (Lipinski definition) is 0. The number of hydrogen-bond donors (Lipinski definition) is 0. The molecule has 102 valence electrons. The second-order valence-electron chi connectivity index (χ2n) is 6.32. The molecule has 2 aliphatic rings. The molecule has 20 heavy (non-hydrogen) atoms. The smallest absolute Gasteiger partial charge is 0.201 e. The van der Waals surface area contributed by atoms with Gasteiger partial charge in [-0.25, -0.2) is 4.57 Å². The molecule has 1 heteroatoms. The Bertz CT molecular complexity index is 697. The molecule has 0 radical (unpaired) electrons. The van der Waals surface area contributed by atoms with Crippen molar-refractivity contribution in [2.45, 2.75) is 45.4 Å². The molecule has 0 spiro atoms. The van der Waals surface area contributed by atoms with E-state index in [-0.39, 0.29) is 0 Å². The van der Waals surface area contributed by atoms with Gasteiger partial charge in [-0.05, 0) is 79.3 Å². The molecule has 0 amide bonds. The van der Waals surface area contributed by atoms with Crippen LogP contribution in [0.15, 0.2) is 24.4 Å². The van der Waals surface area contributed by atoms with Gasteiger partial charge >= 0.3 is 0 Å². The average molecular weight is 264 g/mol. The van der Waals surface area contributed by atoms with Gasteiger partial charge in [0.1, 0.15) is 7.05 Å². The highest BCUT2D eigenvalue weighted by Gasteiger charge is 2.29. The Hall–Kier alpha value is -1.63. The molecule has 0 N–H and O–H groups in total. The minimum atomic E-state index is 1.27. The van der Waals surface area contributed by atoms with Gasteiger partial charge in [-0.1, -0.05) is 0 Å². The normalized spacial score (nSPS) is 16.3. The first kappa shape index (κ1) is 12.1. The standard InChI is InChI=1S/C19H22N/c1-13-14-7-5-8-15(14)16-9-6-10-17(16)19(13)18-11-3-4-12-20(18)2/h3-4,11-12H,5-10H2,1-2H3/q+1. The number of fused-ring (bicyclic) bond motifs is 3. The van der Waals surface area contributed by atoms with Crippen LogP contribution >= 0.6 is 0 Å². The Morgan fingerprint density at radius 1 is 0.850 bits per heavy atom. The Kier molecular flexibility index (Phi) is 2.70. The summed E-state index contributed by atoms with van der Waals surface area (Å²) in [5, 5.41) is 0. The SMILES string of the molecule is Cc1c2c(c3c(c1-c1cccc[n+]1C)CCC3)CCC2. The Balaban J connectivity index is 2.06. The van der Waals surface area contributed by atoms with Crippen molar-refractivity contribution in [1.29, 1.82) is 0 Å². The van der Waals surface area contributed by atoms with Crippen molar-refractivity contribution in [3.05, 3.63) is 52.2 Å². The molecule has 0 saturated heterocycles. The lowest BCUT2D eigenvalue weighted by Crippen LogP contribution is -2.30. The second-order valence-corrected chi connectivity index (χ2v) is 6.32. The van der Waals surface area contributed by atoms with E-state index in [0.29, 0.717) is 0 Å². The fourth-order valence-electron chi connectivity index (χ4n) is 4.35. The maximum atomic E-state index is 2.35. The van der Waals surface area contributed by atoms with E-state index in [4.69, 9.17) is 0 Å². The third-order valence-electron chi connectivity index (χ3n) is 5.24. The summed E-state index contributed by atoms with van der Waals surface area (Å²) in [4.78, 5) is 0. The minimum absolute atomic E-state index is 1.27. The molecule has 2 aliphatic carbocycles. The van der Waals surface area contributed by atoms with Crippen LogP contribution in [0.4, 0.5) is 0 Å². The first-order valence-electron chi connectivity index (χ1n) is 7.88. The minimum Gasteiger partial charge on any atom is -0.201 e. The summed E-state index contributed by atoms with van der Waals surface area (Å²) in [5.74, 6) is 0. The molecule has 2 aromatic rings. The number of benzene rings is 1. The van der Waals surface area contributed by atoms with Gasteiger partial charge in [-0.15, -0.1) is 0 Å². The Morgan fingerprint density at radius 3 is 2.25 bits per heavy atom. The fourth-order valence-corrected chi connectivity index (χ4v) is 4.35. The number of nitrogens with zero attached hydrogens (tertiary/aromatic N) is 1. The van der Waals surface area contributed by atoms with Crippen molar-refractivity contribution in [3.63, 3.8) is 0 Å². The van der Waals surface area contributed by atoms with Crippen molar-refractivity contribution >= 4 is 0 Å². The molecular formula is C19H22N+. The van der Waals surface area contributed by atoms with Gasteiger partial charge in [-0.2, -0.15) is 0 Å². The first-order chi connectivity index (χ1) is 9.77. The van der Waals surface area contributed by atoms with E-state index in [1.165, 1.54) is 44.2 Å². The van der Waals surface area contributed by atoms with Gasteiger partial charge in [0, 0.05) is 12.1 Å². The van der Waals surface area contributed by atoms with Gasteiger partial charge in [-0.3, -0.25) is 0 Å². The van der Waals surface area contributed by atoms with E-state index in [1.807, 2.05) is 0 Å². The molecule has 1 aromatic heterocycles. The number of pyridine rings is 1. The van der Waals surface area contributed by atoms with Crippen molar-refractivity contribution < 1.29 is 4.57 Å². The lowest BCUT2D eigenvalue weighted by Gasteiger charge is -2.16. The largest absolute Gasteiger partial charge is 0.212 e. The van der Waals surface area contributed by atoms with E-state index in [2.05, 4.69) is 42.9 Å². The van der Waals surface area contributed by atoms with E-state index in [1.54, 1.807) is 33.4 Å². The molecule has 0 fully saturated rings. The van der Waals surface area contributed by atoms with Crippen LogP contribution in [0.3, 0.4) is 0 Å². The van der Waals surface area contributed by atoms with Gasteiger partial charge < -0.3 is 0 Å². The van der Waals surface area contributed by atoms with Crippen molar-refractivity contribution in [2.24, 2.45) is 7.05 Å². The van der Waals surface area contributed by atoms with E-state index >= 15 is 0 Å². The molecule has 0 aliphatic heterocycles. The molecule has 1 heterocycles. The fraction of sp³-hybridized carbons (Fsp3) is 0.421. The summed E-state index contributed by atoms with van der Waals surface area (Å²) in [6, 6.07) is 6.57. The average Bonchev–Trinajstić information content (AvgIpc) is 3.08. The zero-order valence-corrected chi connectivity index (χ0v) is 12.5. The maximum absolute atomic E-state index is 2.35. The maximum Gasteiger partial charge on any atom is 0.212 e. The molecule has 0 bridgehead atoms. The monoisotopic (exact) mass is 264 g/mol. The summed E-state index contributed by atoms with van der Waals surface area (Å²) < 4.78 is 2.28. The molecule has 0 unspecified atom stereocenters. The van der Waals surface area contributed by atoms with Crippen LogP contribution < -0.4 is 4.57 Å². The zero-order chi connectivity index (χ0) is 13.7.